The Hall–Kier alpha value is -1.16. The predicted octanol–water partition coefficient (Wildman–Crippen LogP) is 3.09. The van der Waals surface area contributed by atoms with Crippen molar-refractivity contribution in [3.05, 3.63) is 57.8 Å². The lowest BCUT2D eigenvalue weighted by Gasteiger charge is -2.20. The predicted molar refractivity (Wildman–Crippen MR) is 81.6 cm³/mol. The molecule has 0 bridgehead atoms. The van der Waals surface area contributed by atoms with Gasteiger partial charge < -0.3 is 10.8 Å². The Morgan fingerprint density at radius 2 is 2.00 bits per heavy atom. The van der Waals surface area contributed by atoms with E-state index in [0.717, 1.165) is 12.8 Å². The molecule has 1 aromatic carbocycles. The van der Waals surface area contributed by atoms with E-state index in [1.165, 1.54) is 16.0 Å². The highest BCUT2D eigenvalue weighted by Crippen LogP contribution is 2.26. The van der Waals surface area contributed by atoms with Gasteiger partial charge in [-0.3, -0.25) is 0 Å². The minimum Gasteiger partial charge on any atom is -0.392 e. The summed E-state index contributed by atoms with van der Waals surface area (Å²) in [5.74, 6) is 0.0593. The van der Waals surface area contributed by atoms with Gasteiger partial charge in [0, 0.05) is 17.3 Å². The Balaban J connectivity index is 1.97. The van der Waals surface area contributed by atoms with Crippen LogP contribution >= 0.6 is 11.3 Å². The fourth-order valence-corrected chi connectivity index (χ4v) is 3.26. The molecular weight excluding hydrogens is 254 g/mol. The normalized spacial score (nSPS) is 14.3. The molecule has 2 nitrogen and oxygen atoms in total. The lowest BCUT2D eigenvalue weighted by atomic mass is 9.94. The van der Waals surface area contributed by atoms with E-state index in [-0.39, 0.29) is 12.0 Å². The van der Waals surface area contributed by atoms with Crippen LogP contribution in [0.2, 0.25) is 0 Å². The fourth-order valence-electron chi connectivity index (χ4n) is 2.36. The first-order chi connectivity index (χ1) is 9.22. The van der Waals surface area contributed by atoms with Crippen molar-refractivity contribution in [2.45, 2.75) is 31.8 Å². The summed E-state index contributed by atoms with van der Waals surface area (Å²) in [6.45, 7) is 2.61. The molecule has 0 amide bonds. The van der Waals surface area contributed by atoms with Gasteiger partial charge in [0.2, 0.25) is 0 Å². The van der Waals surface area contributed by atoms with Gasteiger partial charge in [0.1, 0.15) is 0 Å². The van der Waals surface area contributed by atoms with Crippen molar-refractivity contribution < 1.29 is 5.11 Å². The van der Waals surface area contributed by atoms with E-state index in [2.05, 4.69) is 25.1 Å². The molecule has 1 aromatic heterocycles. The van der Waals surface area contributed by atoms with E-state index in [9.17, 15) is 5.11 Å². The largest absolute Gasteiger partial charge is 0.392 e. The topological polar surface area (TPSA) is 46.2 Å². The van der Waals surface area contributed by atoms with E-state index in [4.69, 9.17) is 5.73 Å². The van der Waals surface area contributed by atoms with Crippen LogP contribution in [0.3, 0.4) is 0 Å². The van der Waals surface area contributed by atoms with E-state index in [0.29, 0.717) is 6.54 Å². The Morgan fingerprint density at radius 1 is 1.21 bits per heavy atom. The number of hydrogen-bond donors (Lipinski definition) is 2. The van der Waals surface area contributed by atoms with E-state index >= 15 is 0 Å². The molecule has 19 heavy (non-hydrogen) atoms. The molecule has 1 heterocycles. The summed E-state index contributed by atoms with van der Waals surface area (Å²) in [4.78, 5) is 1.18. The Kier molecular flexibility index (Phi) is 5.14. The highest BCUT2D eigenvalue weighted by Gasteiger charge is 2.20. The van der Waals surface area contributed by atoms with Crippen LogP contribution in [0, 0.1) is 6.92 Å². The van der Waals surface area contributed by atoms with Crippen LogP contribution in [0.5, 0.6) is 0 Å². The first-order valence-electron chi connectivity index (χ1n) is 6.68. The molecule has 3 N–H and O–H groups in total. The standard InChI is InChI=1S/C16H21NOS/c1-12-5-2-3-6-13(12)8-9-15(18)14(11-17)16-7-4-10-19-16/h2-7,10,14-15,18H,8-9,11,17H2,1H3. The van der Waals surface area contributed by atoms with Crippen molar-refractivity contribution in [3.8, 4) is 0 Å². The summed E-state index contributed by atoms with van der Waals surface area (Å²) in [6.07, 6.45) is 1.28. The van der Waals surface area contributed by atoms with Crippen LogP contribution < -0.4 is 5.73 Å². The molecule has 2 unspecified atom stereocenters. The van der Waals surface area contributed by atoms with Gasteiger partial charge in [0.15, 0.2) is 0 Å². The summed E-state index contributed by atoms with van der Waals surface area (Å²) in [6, 6.07) is 12.4. The number of nitrogens with two attached hydrogens (primary N) is 1. The number of hydrogen-bond acceptors (Lipinski definition) is 3. The molecule has 102 valence electrons. The van der Waals surface area contributed by atoms with Crippen LogP contribution in [-0.4, -0.2) is 17.8 Å². The van der Waals surface area contributed by atoms with Gasteiger partial charge in [-0.15, -0.1) is 11.3 Å². The molecular formula is C16H21NOS. The lowest BCUT2D eigenvalue weighted by Crippen LogP contribution is -2.25. The molecule has 2 atom stereocenters. The van der Waals surface area contributed by atoms with Gasteiger partial charge in [-0.25, -0.2) is 0 Å². The van der Waals surface area contributed by atoms with Gasteiger partial charge in [0.05, 0.1) is 6.10 Å². The maximum absolute atomic E-state index is 10.4. The molecule has 0 saturated heterocycles. The third-order valence-corrected chi connectivity index (χ3v) is 4.60. The number of rotatable bonds is 6. The molecule has 0 aliphatic rings. The first kappa shape index (κ1) is 14.3. The van der Waals surface area contributed by atoms with Crippen molar-refractivity contribution in [3.63, 3.8) is 0 Å². The Morgan fingerprint density at radius 3 is 2.63 bits per heavy atom. The second-order valence-corrected chi connectivity index (χ2v) is 5.87. The molecule has 0 aliphatic carbocycles. The number of aryl methyl sites for hydroxylation is 2. The molecule has 0 aliphatic heterocycles. The van der Waals surface area contributed by atoms with Crippen molar-refractivity contribution in [2.24, 2.45) is 5.73 Å². The quantitative estimate of drug-likeness (QED) is 0.851. The van der Waals surface area contributed by atoms with Crippen LogP contribution in [0.25, 0.3) is 0 Å². The summed E-state index contributed by atoms with van der Waals surface area (Å²) in [7, 11) is 0. The zero-order valence-electron chi connectivity index (χ0n) is 11.3. The smallest absolute Gasteiger partial charge is 0.0632 e. The zero-order valence-corrected chi connectivity index (χ0v) is 12.1. The second kappa shape index (κ2) is 6.85. The summed E-state index contributed by atoms with van der Waals surface area (Å²) in [5, 5.41) is 12.4. The van der Waals surface area contributed by atoms with Crippen molar-refractivity contribution >= 4 is 11.3 Å². The molecule has 0 fully saturated rings. The summed E-state index contributed by atoms with van der Waals surface area (Å²) in [5.41, 5.74) is 8.41. The Labute approximate surface area is 118 Å². The van der Waals surface area contributed by atoms with E-state index in [1.807, 2.05) is 23.6 Å². The lowest BCUT2D eigenvalue weighted by molar-refractivity contribution is 0.137. The highest BCUT2D eigenvalue weighted by atomic mass is 32.1. The first-order valence-corrected chi connectivity index (χ1v) is 7.56. The zero-order chi connectivity index (χ0) is 13.7. The summed E-state index contributed by atoms with van der Waals surface area (Å²) >= 11 is 1.67. The number of thiophene rings is 1. The van der Waals surface area contributed by atoms with Gasteiger partial charge in [0.25, 0.3) is 0 Å². The van der Waals surface area contributed by atoms with Crippen molar-refractivity contribution in [1.29, 1.82) is 0 Å². The highest BCUT2D eigenvalue weighted by molar-refractivity contribution is 7.10. The number of aliphatic hydroxyl groups excluding tert-OH is 1. The number of benzene rings is 1. The van der Waals surface area contributed by atoms with Gasteiger partial charge in [-0.2, -0.15) is 0 Å². The van der Waals surface area contributed by atoms with Crippen LogP contribution in [0.15, 0.2) is 41.8 Å². The molecule has 0 radical (unpaired) electrons. The van der Waals surface area contributed by atoms with Crippen LogP contribution in [-0.2, 0) is 6.42 Å². The molecule has 0 spiro atoms. The Bertz CT molecular complexity index is 495. The summed E-state index contributed by atoms with van der Waals surface area (Å²) < 4.78 is 0. The van der Waals surface area contributed by atoms with Gasteiger partial charge >= 0.3 is 0 Å². The monoisotopic (exact) mass is 275 g/mol. The van der Waals surface area contributed by atoms with Crippen molar-refractivity contribution in [1.82, 2.24) is 0 Å². The third kappa shape index (κ3) is 3.66. The third-order valence-electron chi connectivity index (χ3n) is 3.60. The van der Waals surface area contributed by atoms with Crippen molar-refractivity contribution in [2.75, 3.05) is 6.54 Å². The second-order valence-electron chi connectivity index (χ2n) is 4.89. The van der Waals surface area contributed by atoms with Gasteiger partial charge in [-0.05, 0) is 42.3 Å². The fraction of sp³-hybridized carbons (Fsp3) is 0.375. The number of aliphatic hydroxyl groups is 1. The maximum Gasteiger partial charge on any atom is 0.0632 e. The maximum atomic E-state index is 10.4. The van der Waals surface area contributed by atoms with E-state index in [1.54, 1.807) is 11.3 Å². The minimum atomic E-state index is -0.372. The SMILES string of the molecule is Cc1ccccc1CCC(O)C(CN)c1cccs1. The molecule has 0 saturated carbocycles. The van der Waals surface area contributed by atoms with Crippen LogP contribution in [0.4, 0.5) is 0 Å². The minimum absolute atomic E-state index is 0.0593. The molecule has 2 rings (SSSR count). The average Bonchev–Trinajstić information content (AvgIpc) is 2.92. The van der Waals surface area contributed by atoms with Gasteiger partial charge in [-0.1, -0.05) is 30.3 Å². The van der Waals surface area contributed by atoms with Crippen LogP contribution in [0.1, 0.15) is 28.3 Å². The average molecular weight is 275 g/mol. The molecule has 2 aromatic rings. The van der Waals surface area contributed by atoms with E-state index < -0.39 is 0 Å². The molecule has 3 heteroatoms.